The van der Waals surface area contributed by atoms with Crippen LogP contribution in [0.5, 0.6) is 0 Å². The van der Waals surface area contributed by atoms with Crippen LogP contribution in [0, 0.1) is 5.92 Å². The minimum atomic E-state index is -1.15. The van der Waals surface area contributed by atoms with Gasteiger partial charge in [0.25, 0.3) is 0 Å². The monoisotopic (exact) mass is 339 g/mol. The van der Waals surface area contributed by atoms with Crippen LogP contribution >= 0.6 is 15.9 Å². The Balaban J connectivity index is 2.14. The molecule has 0 aliphatic rings. The number of aliphatic carboxylic acids is 1. The number of ketones is 1. The molecule has 0 aliphatic carbocycles. The molecular formula is C14H14BrNO4. The van der Waals surface area contributed by atoms with Crippen molar-refractivity contribution in [2.45, 2.75) is 13.0 Å². The molecule has 20 heavy (non-hydrogen) atoms. The molecule has 1 aromatic carbocycles. The number of rotatable bonds is 6. The van der Waals surface area contributed by atoms with Crippen molar-refractivity contribution < 1.29 is 19.8 Å². The molecule has 6 heteroatoms. The van der Waals surface area contributed by atoms with E-state index in [-0.39, 0.29) is 18.7 Å². The first-order chi connectivity index (χ1) is 9.51. The number of fused-ring (bicyclic) bond motifs is 1. The highest BCUT2D eigenvalue weighted by molar-refractivity contribution is 9.10. The second-order valence-corrected chi connectivity index (χ2v) is 5.52. The maximum atomic E-state index is 11.9. The van der Waals surface area contributed by atoms with E-state index in [1.807, 2.05) is 24.3 Å². The van der Waals surface area contributed by atoms with E-state index in [1.54, 1.807) is 10.8 Å². The normalized spacial score (nSPS) is 12.5. The molecule has 0 aliphatic heterocycles. The Kier molecular flexibility index (Phi) is 4.57. The van der Waals surface area contributed by atoms with E-state index in [0.717, 1.165) is 15.4 Å². The fraction of sp³-hybridized carbons (Fsp3) is 0.286. The molecule has 5 nitrogen and oxygen atoms in total. The molecule has 2 N–H and O–H groups in total. The highest BCUT2D eigenvalue weighted by Crippen LogP contribution is 2.21. The quantitative estimate of drug-likeness (QED) is 0.844. The third-order valence-electron chi connectivity index (χ3n) is 3.13. The summed E-state index contributed by atoms with van der Waals surface area (Å²) in [5.41, 5.74) is 0.906. The van der Waals surface area contributed by atoms with Crippen LogP contribution in [-0.4, -0.2) is 33.1 Å². The number of Topliss-reactive ketones (excluding diaryl/α,β-unsaturated/α-hetero) is 1. The van der Waals surface area contributed by atoms with Crippen molar-refractivity contribution in [3.05, 3.63) is 34.9 Å². The van der Waals surface area contributed by atoms with Crippen LogP contribution in [0.25, 0.3) is 10.9 Å². The van der Waals surface area contributed by atoms with Gasteiger partial charge in [0, 0.05) is 22.6 Å². The van der Waals surface area contributed by atoms with Gasteiger partial charge in [-0.2, -0.15) is 0 Å². The SMILES string of the molecule is O=C(CC(CO)C(=O)O)Cn1ccc2ccc(Br)cc21. The van der Waals surface area contributed by atoms with Crippen LogP contribution in [0.3, 0.4) is 0 Å². The van der Waals surface area contributed by atoms with E-state index >= 15 is 0 Å². The number of carboxylic acid groups (broad SMARTS) is 1. The van der Waals surface area contributed by atoms with Crippen molar-refractivity contribution >= 4 is 38.6 Å². The van der Waals surface area contributed by atoms with Crippen LogP contribution in [0.2, 0.25) is 0 Å². The zero-order valence-corrected chi connectivity index (χ0v) is 12.2. The van der Waals surface area contributed by atoms with Crippen molar-refractivity contribution in [2.24, 2.45) is 5.92 Å². The number of carbonyl (C=O) groups excluding carboxylic acids is 1. The molecule has 0 amide bonds. The van der Waals surface area contributed by atoms with Crippen molar-refractivity contribution in [2.75, 3.05) is 6.61 Å². The highest BCUT2D eigenvalue weighted by Gasteiger charge is 2.20. The molecule has 2 rings (SSSR count). The van der Waals surface area contributed by atoms with Gasteiger partial charge < -0.3 is 14.8 Å². The van der Waals surface area contributed by atoms with Crippen LogP contribution in [0.1, 0.15) is 6.42 Å². The Morgan fingerprint density at radius 1 is 1.30 bits per heavy atom. The van der Waals surface area contributed by atoms with E-state index in [4.69, 9.17) is 10.2 Å². The zero-order chi connectivity index (χ0) is 14.7. The van der Waals surface area contributed by atoms with E-state index in [2.05, 4.69) is 15.9 Å². The lowest BCUT2D eigenvalue weighted by Crippen LogP contribution is -2.23. The summed E-state index contributed by atoms with van der Waals surface area (Å²) in [6, 6.07) is 7.66. The van der Waals surface area contributed by atoms with Gasteiger partial charge in [0.05, 0.1) is 19.1 Å². The van der Waals surface area contributed by atoms with Gasteiger partial charge in [-0.25, -0.2) is 0 Å². The van der Waals surface area contributed by atoms with Gasteiger partial charge in [-0.15, -0.1) is 0 Å². The molecule has 1 unspecified atom stereocenters. The van der Waals surface area contributed by atoms with Crippen LogP contribution in [0.4, 0.5) is 0 Å². The topological polar surface area (TPSA) is 79.5 Å². The Labute approximate surface area is 124 Å². The number of benzene rings is 1. The number of hydrogen-bond donors (Lipinski definition) is 2. The van der Waals surface area contributed by atoms with E-state index in [9.17, 15) is 9.59 Å². The van der Waals surface area contributed by atoms with Crippen LogP contribution in [0.15, 0.2) is 34.9 Å². The minimum absolute atomic E-state index is 0.101. The van der Waals surface area contributed by atoms with E-state index in [1.165, 1.54) is 0 Å². The standard InChI is InChI=1S/C14H14BrNO4/c15-11-2-1-9-3-4-16(13(9)6-11)7-12(18)5-10(8-17)14(19)20/h1-4,6,10,17H,5,7-8H2,(H,19,20). The van der Waals surface area contributed by atoms with E-state index in [0.29, 0.717) is 0 Å². The van der Waals surface area contributed by atoms with E-state index < -0.39 is 18.5 Å². The van der Waals surface area contributed by atoms with Crippen molar-refractivity contribution in [1.29, 1.82) is 0 Å². The predicted octanol–water partition coefficient (Wildman–Crippen LogP) is 2.06. The lowest BCUT2D eigenvalue weighted by atomic mass is 10.0. The Morgan fingerprint density at radius 2 is 2.05 bits per heavy atom. The molecule has 0 saturated heterocycles. The molecule has 106 valence electrons. The van der Waals surface area contributed by atoms with Gasteiger partial charge >= 0.3 is 5.97 Å². The van der Waals surface area contributed by atoms with Crippen molar-refractivity contribution in [3.63, 3.8) is 0 Å². The Hall–Kier alpha value is -1.66. The number of carboxylic acids is 1. The molecule has 0 bridgehead atoms. The number of halogens is 1. The molecule has 1 aromatic heterocycles. The van der Waals surface area contributed by atoms with Gasteiger partial charge in [-0.05, 0) is 23.6 Å². The average molecular weight is 340 g/mol. The van der Waals surface area contributed by atoms with Crippen molar-refractivity contribution in [3.8, 4) is 0 Å². The van der Waals surface area contributed by atoms with Crippen LogP contribution in [-0.2, 0) is 16.1 Å². The Morgan fingerprint density at radius 3 is 2.70 bits per heavy atom. The number of hydrogen-bond acceptors (Lipinski definition) is 3. The molecule has 2 aromatic rings. The predicted molar refractivity (Wildman–Crippen MR) is 77.5 cm³/mol. The second kappa shape index (κ2) is 6.19. The number of aromatic nitrogens is 1. The van der Waals surface area contributed by atoms with Crippen molar-refractivity contribution in [1.82, 2.24) is 4.57 Å². The fourth-order valence-corrected chi connectivity index (χ4v) is 2.40. The number of nitrogens with zero attached hydrogens (tertiary/aromatic N) is 1. The molecule has 1 heterocycles. The van der Waals surface area contributed by atoms with Gasteiger partial charge in [0.2, 0.25) is 0 Å². The summed E-state index contributed by atoms with van der Waals surface area (Å²) in [6.07, 6.45) is 1.63. The smallest absolute Gasteiger partial charge is 0.309 e. The summed E-state index contributed by atoms with van der Waals surface area (Å²) < 4.78 is 2.69. The summed E-state index contributed by atoms with van der Waals surface area (Å²) in [7, 11) is 0. The molecule has 0 spiro atoms. The molecule has 0 saturated carbocycles. The van der Waals surface area contributed by atoms with Crippen LogP contribution < -0.4 is 0 Å². The molecule has 1 atom stereocenters. The molecule has 0 fully saturated rings. The molecular weight excluding hydrogens is 326 g/mol. The summed E-state index contributed by atoms with van der Waals surface area (Å²) in [6.45, 7) is -0.428. The first-order valence-electron chi connectivity index (χ1n) is 6.11. The summed E-state index contributed by atoms with van der Waals surface area (Å²) in [4.78, 5) is 22.7. The number of aliphatic hydroxyl groups excluding tert-OH is 1. The second-order valence-electron chi connectivity index (χ2n) is 4.61. The molecule has 0 radical (unpaired) electrons. The third kappa shape index (κ3) is 3.26. The maximum Gasteiger partial charge on any atom is 0.309 e. The van der Waals surface area contributed by atoms with Gasteiger partial charge in [-0.3, -0.25) is 9.59 Å². The summed E-state index contributed by atoms with van der Waals surface area (Å²) in [5, 5.41) is 18.8. The Bertz CT molecular complexity index is 650. The number of carbonyl (C=O) groups is 2. The fourth-order valence-electron chi connectivity index (χ4n) is 2.05. The maximum absolute atomic E-state index is 11.9. The average Bonchev–Trinajstić information content (AvgIpc) is 2.78. The first-order valence-corrected chi connectivity index (χ1v) is 6.90. The van der Waals surface area contributed by atoms with Gasteiger partial charge in [0.15, 0.2) is 5.78 Å². The summed E-state index contributed by atoms with van der Waals surface area (Å²) in [5.74, 6) is -2.40. The lowest BCUT2D eigenvalue weighted by molar-refractivity contribution is -0.145. The summed E-state index contributed by atoms with van der Waals surface area (Å²) >= 11 is 3.38. The van der Waals surface area contributed by atoms with Gasteiger partial charge in [-0.1, -0.05) is 22.0 Å². The van der Waals surface area contributed by atoms with Gasteiger partial charge in [0.1, 0.15) is 0 Å². The largest absolute Gasteiger partial charge is 0.481 e. The minimum Gasteiger partial charge on any atom is -0.481 e. The first kappa shape index (κ1) is 14.7. The lowest BCUT2D eigenvalue weighted by Gasteiger charge is -2.09. The zero-order valence-electron chi connectivity index (χ0n) is 10.6. The highest BCUT2D eigenvalue weighted by atomic mass is 79.9. The third-order valence-corrected chi connectivity index (χ3v) is 3.62. The number of aliphatic hydroxyl groups is 1.